The number of pyridine rings is 1. The molecule has 0 aliphatic carbocycles. The van der Waals surface area contributed by atoms with Gasteiger partial charge in [-0.1, -0.05) is 0 Å². The summed E-state index contributed by atoms with van der Waals surface area (Å²) in [4.78, 5) is 18.4. The topological polar surface area (TPSA) is 63.1 Å². The lowest BCUT2D eigenvalue weighted by Crippen LogP contribution is -2.45. The molecule has 0 radical (unpaired) electrons. The molecule has 2 aromatic rings. The van der Waals surface area contributed by atoms with Crippen LogP contribution >= 0.6 is 15.9 Å². The fourth-order valence-corrected chi connectivity index (χ4v) is 3.26. The van der Waals surface area contributed by atoms with Gasteiger partial charge >= 0.3 is 0 Å². The van der Waals surface area contributed by atoms with Gasteiger partial charge in [-0.05, 0) is 47.8 Å². The largest absolute Gasteiger partial charge is 0.354 e. The number of nitrogens with zero attached hydrogens (tertiary/aromatic N) is 4. The quantitative estimate of drug-likeness (QED) is 0.866. The third kappa shape index (κ3) is 3.58. The van der Waals surface area contributed by atoms with E-state index >= 15 is 0 Å². The first kappa shape index (κ1) is 16.9. The maximum absolute atomic E-state index is 14.0. The smallest absolute Gasteiger partial charge is 0.269 e. The van der Waals surface area contributed by atoms with Crippen molar-refractivity contribution >= 4 is 27.7 Å². The van der Waals surface area contributed by atoms with E-state index in [0.717, 1.165) is 18.5 Å². The lowest BCUT2D eigenvalue weighted by molar-refractivity contribution is 0.0921. The average molecular weight is 396 g/mol. The van der Waals surface area contributed by atoms with E-state index in [2.05, 4.69) is 31.3 Å². The van der Waals surface area contributed by atoms with Crippen LogP contribution < -0.4 is 10.2 Å². The number of rotatable bonds is 3. The van der Waals surface area contributed by atoms with Crippen molar-refractivity contribution < 1.29 is 9.18 Å². The third-order valence-electron chi connectivity index (χ3n) is 4.15. The minimum Gasteiger partial charge on any atom is -0.354 e. The van der Waals surface area contributed by atoms with Crippen molar-refractivity contribution in [1.82, 2.24) is 20.1 Å². The number of hydrogen-bond donors (Lipinski definition) is 1. The van der Waals surface area contributed by atoms with E-state index in [9.17, 15) is 9.18 Å². The average Bonchev–Trinajstić information content (AvgIpc) is 2.87. The highest BCUT2D eigenvalue weighted by atomic mass is 79.9. The van der Waals surface area contributed by atoms with Gasteiger partial charge in [0.05, 0.1) is 5.69 Å². The van der Waals surface area contributed by atoms with E-state index in [0.29, 0.717) is 29.1 Å². The van der Waals surface area contributed by atoms with Gasteiger partial charge in [0.2, 0.25) is 0 Å². The predicted molar refractivity (Wildman–Crippen MR) is 92.5 cm³/mol. The fraction of sp³-hybridized carbons (Fsp3) is 0.438. The maximum atomic E-state index is 14.0. The molecule has 2 aromatic heterocycles. The Morgan fingerprint density at radius 3 is 2.67 bits per heavy atom. The van der Waals surface area contributed by atoms with E-state index in [1.807, 2.05) is 11.8 Å². The number of halogens is 2. The zero-order valence-electron chi connectivity index (χ0n) is 13.6. The third-order valence-corrected chi connectivity index (χ3v) is 4.59. The van der Waals surface area contributed by atoms with Crippen molar-refractivity contribution in [1.29, 1.82) is 0 Å². The lowest BCUT2D eigenvalue weighted by Gasteiger charge is -2.33. The van der Waals surface area contributed by atoms with E-state index in [1.54, 1.807) is 24.0 Å². The Bertz CT molecular complexity index is 755. The summed E-state index contributed by atoms with van der Waals surface area (Å²) in [6.45, 7) is 3.16. The Balaban J connectivity index is 1.59. The normalized spacial score (nSPS) is 15.6. The molecule has 1 fully saturated rings. The summed E-state index contributed by atoms with van der Waals surface area (Å²) in [5.41, 5.74) is 1.37. The number of hydrogen-bond acceptors (Lipinski definition) is 4. The molecule has 0 aromatic carbocycles. The highest BCUT2D eigenvalue weighted by Gasteiger charge is 2.24. The highest BCUT2D eigenvalue weighted by molar-refractivity contribution is 9.10. The standard InChI is InChI=1S/C16H19BrFN5O/c1-10-7-14(22(2)21-10)16(24)20-12-3-5-23(6-4-12)15-13(18)8-11(17)9-19-15/h7-9,12H,3-6H2,1-2H3,(H,20,24). The fourth-order valence-electron chi connectivity index (χ4n) is 2.96. The summed E-state index contributed by atoms with van der Waals surface area (Å²) < 4.78 is 16.2. The van der Waals surface area contributed by atoms with Crippen molar-refractivity contribution in [3.63, 3.8) is 0 Å². The highest BCUT2D eigenvalue weighted by Crippen LogP contribution is 2.23. The van der Waals surface area contributed by atoms with Gasteiger partial charge < -0.3 is 10.2 Å². The first-order chi connectivity index (χ1) is 11.4. The van der Waals surface area contributed by atoms with Crippen LogP contribution in [0.1, 0.15) is 29.0 Å². The van der Waals surface area contributed by atoms with Crippen LogP contribution in [0.25, 0.3) is 0 Å². The molecule has 1 N–H and O–H groups in total. The van der Waals surface area contributed by atoms with Crippen molar-refractivity contribution in [2.24, 2.45) is 7.05 Å². The SMILES string of the molecule is Cc1cc(C(=O)NC2CCN(c3ncc(Br)cc3F)CC2)n(C)n1. The van der Waals surface area contributed by atoms with E-state index in [-0.39, 0.29) is 17.8 Å². The summed E-state index contributed by atoms with van der Waals surface area (Å²) in [6.07, 6.45) is 3.09. The first-order valence-electron chi connectivity index (χ1n) is 7.81. The van der Waals surface area contributed by atoms with E-state index in [4.69, 9.17) is 0 Å². The Kier molecular flexibility index (Phi) is 4.84. The summed E-state index contributed by atoms with van der Waals surface area (Å²) in [6, 6.07) is 3.26. The second-order valence-corrected chi connectivity index (χ2v) is 6.90. The maximum Gasteiger partial charge on any atom is 0.269 e. The Morgan fingerprint density at radius 1 is 1.38 bits per heavy atom. The number of aromatic nitrogens is 3. The van der Waals surface area contributed by atoms with Crippen LogP contribution in [0.3, 0.4) is 0 Å². The van der Waals surface area contributed by atoms with Gasteiger partial charge in [-0.25, -0.2) is 9.37 Å². The minimum atomic E-state index is -0.336. The molecule has 1 aliphatic rings. The second-order valence-electron chi connectivity index (χ2n) is 5.99. The molecule has 24 heavy (non-hydrogen) atoms. The minimum absolute atomic E-state index is 0.0717. The molecule has 1 saturated heterocycles. The molecule has 0 saturated carbocycles. The van der Waals surface area contributed by atoms with Crippen LogP contribution in [-0.2, 0) is 7.05 Å². The Hall–Kier alpha value is -1.96. The monoisotopic (exact) mass is 395 g/mol. The molecule has 1 amide bonds. The lowest BCUT2D eigenvalue weighted by atomic mass is 10.0. The van der Waals surface area contributed by atoms with Gasteiger partial charge in [-0.3, -0.25) is 9.48 Å². The van der Waals surface area contributed by atoms with Gasteiger partial charge in [0.15, 0.2) is 11.6 Å². The predicted octanol–water partition coefficient (Wildman–Crippen LogP) is 2.42. The van der Waals surface area contributed by atoms with Crippen molar-refractivity contribution in [3.8, 4) is 0 Å². The molecule has 3 heterocycles. The van der Waals surface area contributed by atoms with Gasteiger partial charge in [0, 0.05) is 36.8 Å². The van der Waals surface area contributed by atoms with Gasteiger partial charge in [0.1, 0.15) is 5.69 Å². The van der Waals surface area contributed by atoms with Gasteiger partial charge in [-0.15, -0.1) is 0 Å². The summed E-state index contributed by atoms with van der Waals surface area (Å²) in [7, 11) is 1.76. The Morgan fingerprint density at radius 2 is 2.08 bits per heavy atom. The van der Waals surface area contributed by atoms with Crippen molar-refractivity contribution in [2.45, 2.75) is 25.8 Å². The molecule has 0 atom stereocenters. The molecule has 6 nitrogen and oxygen atoms in total. The molecule has 3 rings (SSSR count). The molecular weight excluding hydrogens is 377 g/mol. The number of nitrogens with one attached hydrogen (secondary N) is 1. The molecule has 1 aliphatic heterocycles. The molecular formula is C16H19BrFN5O. The number of carbonyl (C=O) groups excluding carboxylic acids is 1. The van der Waals surface area contributed by atoms with Crippen LogP contribution in [-0.4, -0.2) is 39.8 Å². The first-order valence-corrected chi connectivity index (χ1v) is 8.61. The van der Waals surface area contributed by atoms with Crippen LogP contribution in [0.5, 0.6) is 0 Å². The zero-order valence-corrected chi connectivity index (χ0v) is 15.2. The van der Waals surface area contributed by atoms with E-state index in [1.165, 1.54) is 6.07 Å². The second kappa shape index (κ2) is 6.88. The molecule has 0 bridgehead atoms. The summed E-state index contributed by atoms with van der Waals surface area (Å²) >= 11 is 3.21. The number of amides is 1. The van der Waals surface area contributed by atoms with Crippen LogP contribution in [0, 0.1) is 12.7 Å². The van der Waals surface area contributed by atoms with Crippen molar-refractivity contribution in [3.05, 3.63) is 40.0 Å². The number of piperidine rings is 1. The summed E-state index contributed by atoms with van der Waals surface area (Å²) in [5.74, 6) is -0.0908. The molecule has 8 heteroatoms. The zero-order chi connectivity index (χ0) is 17.3. The van der Waals surface area contributed by atoms with Crippen LogP contribution in [0.2, 0.25) is 0 Å². The number of aryl methyl sites for hydroxylation is 2. The Labute approximate surface area is 148 Å². The van der Waals surface area contributed by atoms with Crippen LogP contribution in [0.4, 0.5) is 10.2 Å². The van der Waals surface area contributed by atoms with Crippen molar-refractivity contribution in [2.75, 3.05) is 18.0 Å². The molecule has 0 unspecified atom stereocenters. The van der Waals surface area contributed by atoms with E-state index < -0.39 is 0 Å². The summed E-state index contributed by atoms with van der Waals surface area (Å²) in [5, 5.41) is 7.22. The number of carbonyl (C=O) groups is 1. The van der Waals surface area contributed by atoms with Gasteiger partial charge in [0.25, 0.3) is 5.91 Å². The number of anilines is 1. The molecule has 128 valence electrons. The molecule has 0 spiro atoms. The van der Waals surface area contributed by atoms with Gasteiger partial charge in [-0.2, -0.15) is 5.10 Å². The van der Waals surface area contributed by atoms with Crippen LogP contribution in [0.15, 0.2) is 22.8 Å².